The number of carbonyl (C=O) groups is 2. The molecule has 0 atom stereocenters. The van der Waals surface area contributed by atoms with Crippen molar-refractivity contribution in [3.63, 3.8) is 0 Å². The maximum Gasteiger partial charge on any atom is 0.377 e. The van der Waals surface area contributed by atoms with Crippen LogP contribution in [0.15, 0.2) is 18.2 Å². The van der Waals surface area contributed by atoms with E-state index in [0.717, 1.165) is 22.5 Å². The fraction of sp³-hybridized carbons (Fsp3) is 0.250. The van der Waals surface area contributed by atoms with Crippen LogP contribution in [0.25, 0.3) is 10.2 Å². The highest BCUT2D eigenvalue weighted by Gasteiger charge is 2.28. The van der Waals surface area contributed by atoms with Gasteiger partial charge in [0.25, 0.3) is 5.78 Å². The molecule has 0 bridgehead atoms. The molecule has 17 heavy (non-hydrogen) atoms. The van der Waals surface area contributed by atoms with Crippen LogP contribution in [0.3, 0.4) is 0 Å². The molecule has 1 aromatic carbocycles. The molecule has 86 valence electrons. The van der Waals surface area contributed by atoms with Crippen LogP contribution in [-0.2, 0) is 4.79 Å². The highest BCUT2D eigenvalue weighted by Crippen LogP contribution is 2.43. The minimum Gasteiger partial charge on any atom is -0.475 e. The molecule has 5 heteroatoms. The van der Waals surface area contributed by atoms with Crippen LogP contribution in [0, 0.1) is 0 Å². The molecule has 0 amide bonds. The average Bonchev–Trinajstić information content (AvgIpc) is 3.07. The molecule has 0 saturated heterocycles. The molecule has 1 aromatic heterocycles. The van der Waals surface area contributed by atoms with Crippen molar-refractivity contribution < 1.29 is 14.7 Å². The number of para-hydroxylation sites is 1. The van der Waals surface area contributed by atoms with Crippen molar-refractivity contribution in [3.8, 4) is 0 Å². The number of Topliss-reactive ketones (excluding diaryl/α,β-unsaturated/α-hetero) is 1. The second kappa shape index (κ2) is 3.63. The molecular weight excluding hydrogens is 238 g/mol. The molecule has 1 aliphatic rings. The van der Waals surface area contributed by atoms with E-state index in [1.54, 1.807) is 17.4 Å². The first-order valence-electron chi connectivity index (χ1n) is 5.34. The molecule has 1 fully saturated rings. The molecule has 1 saturated carbocycles. The van der Waals surface area contributed by atoms with Gasteiger partial charge in [-0.3, -0.25) is 4.79 Å². The predicted octanol–water partition coefficient (Wildman–Crippen LogP) is 2.44. The van der Waals surface area contributed by atoms with E-state index in [9.17, 15) is 9.59 Å². The number of hydrogen-bond donors (Lipinski definition) is 1. The first-order chi connectivity index (χ1) is 8.16. The first-order valence-corrected chi connectivity index (χ1v) is 6.15. The van der Waals surface area contributed by atoms with Gasteiger partial charge in [-0.05, 0) is 25.0 Å². The van der Waals surface area contributed by atoms with Crippen molar-refractivity contribution in [2.24, 2.45) is 0 Å². The quantitative estimate of drug-likeness (QED) is 0.668. The van der Waals surface area contributed by atoms with E-state index in [4.69, 9.17) is 5.11 Å². The molecule has 0 unspecified atom stereocenters. The number of hydrogen-bond acceptors (Lipinski definition) is 4. The number of carboxylic acids is 1. The Kier molecular flexibility index (Phi) is 2.22. The average molecular weight is 247 g/mol. The summed E-state index contributed by atoms with van der Waals surface area (Å²) in [5.74, 6) is -1.80. The number of thiazole rings is 1. The number of nitrogens with zero attached hydrogens (tertiary/aromatic N) is 1. The Labute approximate surface area is 101 Å². The lowest BCUT2D eigenvalue weighted by atomic mass is 10.1. The van der Waals surface area contributed by atoms with E-state index in [-0.39, 0.29) is 5.56 Å². The van der Waals surface area contributed by atoms with E-state index in [2.05, 4.69) is 4.98 Å². The van der Waals surface area contributed by atoms with Crippen LogP contribution in [0.4, 0.5) is 0 Å². The number of carboxylic acid groups (broad SMARTS) is 1. The van der Waals surface area contributed by atoms with Gasteiger partial charge in [-0.25, -0.2) is 9.78 Å². The predicted molar refractivity (Wildman–Crippen MR) is 63.6 cm³/mol. The topological polar surface area (TPSA) is 67.3 Å². The van der Waals surface area contributed by atoms with Gasteiger partial charge in [0.1, 0.15) is 0 Å². The smallest absolute Gasteiger partial charge is 0.377 e. The zero-order valence-electron chi connectivity index (χ0n) is 8.84. The van der Waals surface area contributed by atoms with Crippen LogP contribution in [-0.4, -0.2) is 21.8 Å². The number of rotatable bonds is 3. The van der Waals surface area contributed by atoms with Crippen molar-refractivity contribution in [3.05, 3.63) is 28.8 Å². The van der Waals surface area contributed by atoms with Crippen molar-refractivity contribution in [2.75, 3.05) is 0 Å². The maximum absolute atomic E-state index is 11.5. The monoisotopic (exact) mass is 247 g/mol. The largest absolute Gasteiger partial charge is 0.475 e. The van der Waals surface area contributed by atoms with Crippen molar-refractivity contribution in [2.45, 2.75) is 18.8 Å². The number of ketones is 1. The first kappa shape index (κ1) is 10.4. The maximum atomic E-state index is 11.5. The minimum atomic E-state index is -1.43. The molecule has 3 rings (SSSR count). The lowest BCUT2D eigenvalue weighted by Gasteiger charge is -1.96. The summed E-state index contributed by atoms with van der Waals surface area (Å²) in [5, 5.41) is 9.77. The number of aliphatic carboxylic acids is 1. The standard InChI is InChI=1S/C12H9NO3S/c14-10(12(15)16)7-2-1-3-8-9(7)13-11(17-8)6-4-5-6/h1-3,6H,4-5H2,(H,15,16). The third-order valence-electron chi connectivity index (χ3n) is 2.80. The van der Waals surface area contributed by atoms with Gasteiger partial charge in [0.05, 0.1) is 20.8 Å². The Morgan fingerprint density at radius 1 is 1.35 bits per heavy atom. The van der Waals surface area contributed by atoms with Crippen molar-refractivity contribution >= 4 is 33.3 Å². The van der Waals surface area contributed by atoms with Gasteiger partial charge in [0.2, 0.25) is 0 Å². The minimum absolute atomic E-state index is 0.193. The van der Waals surface area contributed by atoms with Gasteiger partial charge < -0.3 is 5.11 Å². The Balaban J connectivity index is 2.17. The highest BCUT2D eigenvalue weighted by atomic mass is 32.1. The van der Waals surface area contributed by atoms with Crippen LogP contribution in [0.1, 0.15) is 34.1 Å². The Morgan fingerprint density at radius 3 is 2.76 bits per heavy atom. The summed E-state index contributed by atoms with van der Waals surface area (Å²) in [6.45, 7) is 0. The molecule has 1 N–H and O–H groups in total. The summed E-state index contributed by atoms with van der Waals surface area (Å²) in [6, 6.07) is 5.10. The molecule has 2 aromatic rings. The van der Waals surface area contributed by atoms with Gasteiger partial charge in [0, 0.05) is 5.92 Å². The lowest BCUT2D eigenvalue weighted by molar-refractivity contribution is -0.131. The fourth-order valence-electron chi connectivity index (χ4n) is 1.77. The van der Waals surface area contributed by atoms with E-state index < -0.39 is 11.8 Å². The number of carbonyl (C=O) groups excluding carboxylic acids is 1. The zero-order valence-corrected chi connectivity index (χ0v) is 9.66. The molecular formula is C12H9NO3S. The molecule has 0 spiro atoms. The summed E-state index contributed by atoms with van der Waals surface area (Å²) in [5.41, 5.74) is 0.727. The van der Waals surface area contributed by atoms with Gasteiger partial charge >= 0.3 is 5.97 Å². The van der Waals surface area contributed by atoms with E-state index in [1.807, 2.05) is 6.07 Å². The zero-order chi connectivity index (χ0) is 12.0. The third kappa shape index (κ3) is 1.72. The molecule has 4 nitrogen and oxygen atoms in total. The Morgan fingerprint density at radius 2 is 2.12 bits per heavy atom. The van der Waals surface area contributed by atoms with Gasteiger partial charge in [-0.15, -0.1) is 11.3 Å². The van der Waals surface area contributed by atoms with Crippen LogP contribution in [0.5, 0.6) is 0 Å². The summed E-state index contributed by atoms with van der Waals surface area (Å²) in [6.07, 6.45) is 2.28. The van der Waals surface area contributed by atoms with E-state index in [1.165, 1.54) is 6.07 Å². The third-order valence-corrected chi connectivity index (χ3v) is 3.98. The van der Waals surface area contributed by atoms with E-state index in [0.29, 0.717) is 11.4 Å². The van der Waals surface area contributed by atoms with Crippen molar-refractivity contribution in [1.29, 1.82) is 0 Å². The second-order valence-corrected chi connectivity index (χ2v) is 5.18. The molecule has 1 aliphatic carbocycles. The summed E-state index contributed by atoms with van der Waals surface area (Å²) < 4.78 is 0.888. The Hall–Kier alpha value is -1.75. The van der Waals surface area contributed by atoms with Crippen LogP contribution >= 0.6 is 11.3 Å². The lowest BCUT2D eigenvalue weighted by Crippen LogP contribution is -2.13. The summed E-state index contributed by atoms with van der Waals surface area (Å²) >= 11 is 1.55. The Bertz CT molecular complexity index is 628. The number of aromatic nitrogens is 1. The van der Waals surface area contributed by atoms with Crippen LogP contribution in [0.2, 0.25) is 0 Å². The second-order valence-electron chi connectivity index (χ2n) is 4.11. The van der Waals surface area contributed by atoms with Gasteiger partial charge in [-0.1, -0.05) is 6.07 Å². The molecule has 0 radical (unpaired) electrons. The van der Waals surface area contributed by atoms with Crippen LogP contribution < -0.4 is 0 Å². The van der Waals surface area contributed by atoms with Crippen molar-refractivity contribution in [1.82, 2.24) is 4.98 Å². The number of benzene rings is 1. The summed E-state index contributed by atoms with van der Waals surface area (Å²) in [4.78, 5) is 26.7. The fourth-order valence-corrected chi connectivity index (χ4v) is 2.93. The highest BCUT2D eigenvalue weighted by molar-refractivity contribution is 7.18. The SMILES string of the molecule is O=C(O)C(=O)c1cccc2sc(C3CC3)nc12. The number of fused-ring (bicyclic) bond motifs is 1. The summed E-state index contributed by atoms with van der Waals surface area (Å²) in [7, 11) is 0. The van der Waals surface area contributed by atoms with E-state index >= 15 is 0 Å². The van der Waals surface area contributed by atoms with Gasteiger partial charge in [-0.2, -0.15) is 0 Å². The normalized spacial score (nSPS) is 15.1. The van der Waals surface area contributed by atoms with Gasteiger partial charge in [0.15, 0.2) is 0 Å². The molecule has 0 aliphatic heterocycles. The molecule has 1 heterocycles.